The third-order valence-electron chi connectivity index (χ3n) is 5.74. The van der Waals surface area contributed by atoms with Crippen LogP contribution >= 0.6 is 0 Å². The minimum Gasteiger partial charge on any atom is -0.490 e. The van der Waals surface area contributed by atoms with Crippen molar-refractivity contribution in [3.63, 3.8) is 0 Å². The highest BCUT2D eigenvalue weighted by atomic mass is 32.2. The predicted octanol–water partition coefficient (Wildman–Crippen LogP) is 6.57. The quantitative estimate of drug-likeness (QED) is 0.252. The lowest BCUT2D eigenvalue weighted by Crippen LogP contribution is -2.35. The normalized spacial score (nSPS) is 11.5. The maximum atomic E-state index is 13.6. The largest absolute Gasteiger partial charge is 0.490 e. The molecule has 196 valence electrons. The van der Waals surface area contributed by atoms with Crippen LogP contribution in [0.2, 0.25) is 0 Å². The molecule has 0 atom stereocenters. The summed E-state index contributed by atoms with van der Waals surface area (Å²) in [6, 6.07) is 18.9. The predicted molar refractivity (Wildman–Crippen MR) is 149 cm³/mol. The smallest absolute Gasteiger partial charge is 0.271 e. The van der Waals surface area contributed by atoms with Gasteiger partial charge < -0.3 is 9.47 Å². The van der Waals surface area contributed by atoms with Gasteiger partial charge in [-0.05, 0) is 87.2 Å². The Balaban J connectivity index is 1.98. The lowest BCUT2D eigenvalue weighted by atomic mass is 10.1. The molecule has 0 bridgehead atoms. The number of sulfonamides is 1. The van der Waals surface area contributed by atoms with E-state index < -0.39 is 15.9 Å². The Hall–Kier alpha value is -3.58. The van der Waals surface area contributed by atoms with Crippen LogP contribution in [-0.4, -0.2) is 27.5 Å². The molecule has 0 saturated carbocycles. The Morgan fingerprint density at radius 3 is 2.14 bits per heavy atom. The van der Waals surface area contributed by atoms with Crippen molar-refractivity contribution in [1.82, 2.24) is 0 Å². The number of rotatable bonds is 12. The summed E-state index contributed by atoms with van der Waals surface area (Å²) in [5, 5.41) is 0. The van der Waals surface area contributed by atoms with E-state index in [0.29, 0.717) is 30.3 Å². The number of carbonyl (C=O) groups is 1. The van der Waals surface area contributed by atoms with Crippen LogP contribution in [0.3, 0.4) is 0 Å². The first-order chi connectivity index (χ1) is 17.8. The van der Waals surface area contributed by atoms with Crippen molar-refractivity contribution in [2.75, 3.05) is 17.5 Å². The summed E-state index contributed by atoms with van der Waals surface area (Å²) in [5.74, 6) is 0.499. The van der Waals surface area contributed by atoms with Gasteiger partial charge in [0.05, 0.1) is 23.8 Å². The Morgan fingerprint density at radius 2 is 1.51 bits per heavy atom. The summed E-state index contributed by atoms with van der Waals surface area (Å²) >= 11 is 0. The van der Waals surface area contributed by atoms with Crippen LogP contribution in [0.25, 0.3) is 6.08 Å². The summed E-state index contributed by atoms with van der Waals surface area (Å²) in [4.78, 5) is 13.5. The molecule has 3 aromatic rings. The molecule has 7 heteroatoms. The van der Waals surface area contributed by atoms with Crippen molar-refractivity contribution in [2.24, 2.45) is 0 Å². The molecule has 0 N–H and O–H groups in total. The lowest BCUT2D eigenvalue weighted by Gasteiger charge is -2.22. The van der Waals surface area contributed by atoms with Crippen LogP contribution in [0.4, 0.5) is 5.69 Å². The van der Waals surface area contributed by atoms with Crippen LogP contribution in [0, 0.1) is 6.92 Å². The molecule has 6 nitrogen and oxygen atoms in total. The topological polar surface area (TPSA) is 72.9 Å². The molecule has 0 aliphatic carbocycles. The molecule has 0 spiro atoms. The molecule has 0 heterocycles. The first kappa shape index (κ1) is 28.0. The highest BCUT2D eigenvalue weighted by molar-refractivity contribution is 7.93. The second-order valence-corrected chi connectivity index (χ2v) is 10.4. The van der Waals surface area contributed by atoms with E-state index in [1.807, 2.05) is 32.9 Å². The van der Waals surface area contributed by atoms with E-state index >= 15 is 0 Å². The second-order valence-electron chi connectivity index (χ2n) is 8.60. The molecule has 0 unspecified atom stereocenters. The fraction of sp³-hybridized carbons (Fsp3) is 0.300. The third-order valence-corrected chi connectivity index (χ3v) is 7.47. The molecule has 0 saturated heterocycles. The molecular formula is C30H35NO5S. The van der Waals surface area contributed by atoms with E-state index in [9.17, 15) is 13.2 Å². The van der Waals surface area contributed by atoms with E-state index in [4.69, 9.17) is 9.47 Å². The van der Waals surface area contributed by atoms with E-state index in [-0.39, 0.29) is 10.6 Å². The van der Waals surface area contributed by atoms with Crippen molar-refractivity contribution < 1.29 is 22.7 Å². The molecule has 0 aromatic heterocycles. The lowest BCUT2D eigenvalue weighted by molar-refractivity contribution is -0.113. The van der Waals surface area contributed by atoms with Crippen molar-refractivity contribution >= 4 is 27.7 Å². The fourth-order valence-electron chi connectivity index (χ4n) is 3.79. The summed E-state index contributed by atoms with van der Waals surface area (Å²) in [6.07, 6.45) is 5.85. The molecule has 37 heavy (non-hydrogen) atoms. The van der Waals surface area contributed by atoms with Gasteiger partial charge in [-0.3, -0.25) is 4.79 Å². The zero-order chi connectivity index (χ0) is 26.8. The van der Waals surface area contributed by atoms with Crippen molar-refractivity contribution in [2.45, 2.75) is 51.9 Å². The summed E-state index contributed by atoms with van der Waals surface area (Å²) in [7, 11) is -4.15. The van der Waals surface area contributed by atoms with Crippen LogP contribution in [0.1, 0.15) is 50.3 Å². The van der Waals surface area contributed by atoms with Crippen LogP contribution in [0.5, 0.6) is 11.5 Å². The fourth-order valence-corrected chi connectivity index (χ4v) is 5.17. The van der Waals surface area contributed by atoms with Gasteiger partial charge in [0.25, 0.3) is 15.9 Å². The minimum atomic E-state index is -4.15. The van der Waals surface area contributed by atoms with Gasteiger partial charge in [-0.15, -0.1) is 0 Å². The monoisotopic (exact) mass is 521 g/mol. The number of carbonyl (C=O) groups excluding carboxylic acids is 1. The molecule has 0 fully saturated rings. The number of benzene rings is 3. The molecule has 1 amide bonds. The van der Waals surface area contributed by atoms with E-state index in [0.717, 1.165) is 34.7 Å². The maximum absolute atomic E-state index is 13.6. The van der Waals surface area contributed by atoms with Gasteiger partial charge in [0, 0.05) is 6.08 Å². The molecule has 0 radical (unpaired) electrons. The first-order valence-corrected chi connectivity index (χ1v) is 14.1. The van der Waals surface area contributed by atoms with Crippen LogP contribution < -0.4 is 13.8 Å². The molecular weight excluding hydrogens is 486 g/mol. The van der Waals surface area contributed by atoms with Crippen molar-refractivity contribution in [3.8, 4) is 11.5 Å². The SMILES string of the molecule is CCCCc1ccc(N(C(=O)/C=C/c2ccc(OCC)c(OCC)c2)S(=O)(=O)c2ccc(C)cc2)cc1. The Kier molecular flexibility index (Phi) is 9.92. The van der Waals surface area contributed by atoms with Crippen molar-refractivity contribution in [1.29, 1.82) is 0 Å². The highest BCUT2D eigenvalue weighted by Crippen LogP contribution is 2.30. The van der Waals surface area contributed by atoms with E-state index in [1.165, 1.54) is 18.2 Å². The number of anilines is 1. The number of aryl methyl sites for hydroxylation is 2. The number of ether oxygens (including phenoxy) is 2. The Bertz CT molecular complexity index is 1310. The zero-order valence-electron chi connectivity index (χ0n) is 21.9. The minimum absolute atomic E-state index is 0.0506. The maximum Gasteiger partial charge on any atom is 0.271 e. The standard InChI is InChI=1S/C30H35NO5S/c1-5-8-9-24-12-16-26(17-13-24)31(37(33,34)27-18-10-23(4)11-19-27)30(32)21-15-25-14-20-28(35-6-2)29(22-25)36-7-3/h10-22H,5-9H2,1-4H3/b21-15+. The zero-order valence-corrected chi connectivity index (χ0v) is 22.8. The second kappa shape index (κ2) is 13.1. The first-order valence-electron chi connectivity index (χ1n) is 12.6. The van der Waals surface area contributed by atoms with Gasteiger partial charge in [0.2, 0.25) is 0 Å². The highest BCUT2D eigenvalue weighted by Gasteiger charge is 2.29. The van der Waals surface area contributed by atoms with E-state index in [2.05, 4.69) is 6.92 Å². The Labute approximate surface area is 220 Å². The van der Waals surface area contributed by atoms with Crippen LogP contribution in [-0.2, 0) is 21.2 Å². The molecule has 3 aromatic carbocycles. The van der Waals surface area contributed by atoms with Gasteiger partial charge >= 0.3 is 0 Å². The molecule has 3 rings (SSSR count). The number of unbranched alkanes of at least 4 members (excludes halogenated alkanes) is 1. The number of hydrogen-bond donors (Lipinski definition) is 0. The average Bonchev–Trinajstić information content (AvgIpc) is 2.89. The van der Waals surface area contributed by atoms with Gasteiger partial charge in [-0.2, -0.15) is 4.31 Å². The van der Waals surface area contributed by atoms with Gasteiger partial charge in [-0.1, -0.05) is 49.2 Å². The van der Waals surface area contributed by atoms with Crippen molar-refractivity contribution in [3.05, 3.63) is 89.5 Å². The van der Waals surface area contributed by atoms with Crippen LogP contribution in [0.15, 0.2) is 77.7 Å². The van der Waals surface area contributed by atoms with E-state index in [1.54, 1.807) is 48.5 Å². The Morgan fingerprint density at radius 1 is 0.865 bits per heavy atom. The number of amides is 1. The molecule has 0 aliphatic rings. The third kappa shape index (κ3) is 7.23. The van der Waals surface area contributed by atoms with Gasteiger partial charge in [-0.25, -0.2) is 8.42 Å². The number of nitrogens with zero attached hydrogens (tertiary/aromatic N) is 1. The molecule has 0 aliphatic heterocycles. The van der Waals surface area contributed by atoms with Gasteiger partial charge in [0.1, 0.15) is 0 Å². The summed E-state index contributed by atoms with van der Waals surface area (Å²) < 4.78 is 39.4. The summed E-state index contributed by atoms with van der Waals surface area (Å²) in [6.45, 7) is 8.73. The average molecular weight is 522 g/mol. The summed E-state index contributed by atoms with van der Waals surface area (Å²) in [5.41, 5.74) is 3.00. The van der Waals surface area contributed by atoms with Gasteiger partial charge in [0.15, 0.2) is 11.5 Å². The number of hydrogen-bond acceptors (Lipinski definition) is 5.